The van der Waals surface area contributed by atoms with Crippen molar-refractivity contribution in [3.05, 3.63) is 70.8 Å². The van der Waals surface area contributed by atoms with Gasteiger partial charge in [-0.1, -0.05) is 24.3 Å². The SMILES string of the molecule is CN(C(=O)c1cccc(C(F)(F)F)c1)N(C)C(=O)c1ccccc1C=O. The fraction of sp³-hybridized carbons (Fsp3) is 0.167. The zero-order chi connectivity index (χ0) is 19.5. The summed E-state index contributed by atoms with van der Waals surface area (Å²) in [6.45, 7) is 0. The van der Waals surface area contributed by atoms with Crippen molar-refractivity contribution in [1.29, 1.82) is 0 Å². The molecule has 136 valence electrons. The van der Waals surface area contributed by atoms with Crippen molar-refractivity contribution in [2.24, 2.45) is 0 Å². The first kappa shape index (κ1) is 19.2. The lowest BCUT2D eigenvalue weighted by Crippen LogP contribution is -2.45. The topological polar surface area (TPSA) is 57.7 Å². The highest BCUT2D eigenvalue weighted by atomic mass is 19.4. The van der Waals surface area contributed by atoms with Crippen LogP contribution in [-0.2, 0) is 6.18 Å². The van der Waals surface area contributed by atoms with Crippen LogP contribution in [0, 0.1) is 0 Å². The molecule has 0 aliphatic carbocycles. The molecule has 8 heteroatoms. The molecule has 2 amide bonds. The number of benzene rings is 2. The molecule has 0 saturated carbocycles. The lowest BCUT2D eigenvalue weighted by atomic mass is 10.1. The zero-order valence-corrected chi connectivity index (χ0v) is 13.9. The van der Waals surface area contributed by atoms with Crippen molar-refractivity contribution in [1.82, 2.24) is 10.0 Å². The van der Waals surface area contributed by atoms with Gasteiger partial charge in [0.15, 0.2) is 6.29 Å². The van der Waals surface area contributed by atoms with Gasteiger partial charge in [0.2, 0.25) is 0 Å². The average Bonchev–Trinajstić information content (AvgIpc) is 2.65. The fourth-order valence-electron chi connectivity index (χ4n) is 2.26. The molecule has 26 heavy (non-hydrogen) atoms. The van der Waals surface area contributed by atoms with Crippen LogP contribution < -0.4 is 0 Å². The van der Waals surface area contributed by atoms with Gasteiger partial charge in [-0.3, -0.25) is 24.4 Å². The van der Waals surface area contributed by atoms with Crippen LogP contribution in [0.25, 0.3) is 0 Å². The first-order valence-corrected chi connectivity index (χ1v) is 7.44. The van der Waals surface area contributed by atoms with Gasteiger partial charge in [-0.25, -0.2) is 0 Å². The summed E-state index contributed by atoms with van der Waals surface area (Å²) >= 11 is 0. The molecule has 0 N–H and O–H groups in total. The van der Waals surface area contributed by atoms with Crippen LogP contribution in [-0.4, -0.2) is 42.2 Å². The molecule has 0 bridgehead atoms. The lowest BCUT2D eigenvalue weighted by molar-refractivity contribution is -0.137. The van der Waals surface area contributed by atoms with Gasteiger partial charge in [0.05, 0.1) is 11.1 Å². The molecule has 0 heterocycles. The molecule has 0 saturated heterocycles. The highest BCUT2D eigenvalue weighted by molar-refractivity contribution is 6.03. The van der Waals surface area contributed by atoms with Gasteiger partial charge in [0, 0.05) is 25.2 Å². The number of aldehydes is 1. The van der Waals surface area contributed by atoms with E-state index in [4.69, 9.17) is 0 Å². The normalized spacial score (nSPS) is 11.0. The van der Waals surface area contributed by atoms with Crippen molar-refractivity contribution in [2.45, 2.75) is 6.18 Å². The summed E-state index contributed by atoms with van der Waals surface area (Å²) in [6, 6.07) is 9.93. The van der Waals surface area contributed by atoms with Gasteiger partial charge in [0.1, 0.15) is 0 Å². The second-order valence-electron chi connectivity index (χ2n) is 5.44. The molecule has 0 aromatic heterocycles. The van der Waals surface area contributed by atoms with Crippen LogP contribution in [0.3, 0.4) is 0 Å². The molecule has 2 aromatic carbocycles. The molecule has 0 aliphatic heterocycles. The van der Waals surface area contributed by atoms with Crippen molar-refractivity contribution in [3.63, 3.8) is 0 Å². The number of carbonyl (C=O) groups is 3. The molecule has 0 aliphatic rings. The molecule has 2 aromatic rings. The van der Waals surface area contributed by atoms with E-state index in [2.05, 4.69) is 0 Å². The Labute approximate surface area is 147 Å². The summed E-state index contributed by atoms with van der Waals surface area (Å²) in [4.78, 5) is 36.0. The van der Waals surface area contributed by atoms with Crippen molar-refractivity contribution in [3.8, 4) is 0 Å². The Kier molecular flexibility index (Phi) is 5.44. The predicted octanol–water partition coefficient (Wildman–Crippen LogP) is 3.28. The highest BCUT2D eigenvalue weighted by Crippen LogP contribution is 2.29. The summed E-state index contributed by atoms with van der Waals surface area (Å²) in [7, 11) is 2.54. The Bertz CT molecular complexity index is 850. The summed E-state index contributed by atoms with van der Waals surface area (Å²) in [6.07, 6.45) is -4.07. The fourth-order valence-corrected chi connectivity index (χ4v) is 2.26. The molecular weight excluding hydrogens is 349 g/mol. The van der Waals surface area contributed by atoms with Crippen LogP contribution in [0.4, 0.5) is 13.2 Å². The minimum Gasteiger partial charge on any atom is -0.298 e. The Morgan fingerprint density at radius 3 is 2.15 bits per heavy atom. The third kappa shape index (κ3) is 3.90. The number of halogens is 3. The highest BCUT2D eigenvalue weighted by Gasteiger charge is 2.31. The van der Waals surface area contributed by atoms with E-state index in [-0.39, 0.29) is 16.7 Å². The third-order valence-corrected chi connectivity index (χ3v) is 3.79. The predicted molar refractivity (Wildman–Crippen MR) is 87.5 cm³/mol. The van der Waals surface area contributed by atoms with Crippen LogP contribution in [0.2, 0.25) is 0 Å². The number of rotatable bonds is 3. The van der Waals surface area contributed by atoms with Crippen LogP contribution in [0.5, 0.6) is 0 Å². The van der Waals surface area contributed by atoms with Gasteiger partial charge in [-0.05, 0) is 24.3 Å². The Morgan fingerprint density at radius 2 is 1.54 bits per heavy atom. The smallest absolute Gasteiger partial charge is 0.298 e. The van der Waals surface area contributed by atoms with Crippen LogP contribution in [0.1, 0.15) is 36.6 Å². The number of hydrazine groups is 1. The number of alkyl halides is 3. The quantitative estimate of drug-likeness (QED) is 0.620. The van der Waals surface area contributed by atoms with E-state index in [1.54, 1.807) is 12.1 Å². The number of amides is 2. The van der Waals surface area contributed by atoms with Crippen LogP contribution >= 0.6 is 0 Å². The number of nitrogens with zero attached hydrogens (tertiary/aromatic N) is 2. The number of carbonyl (C=O) groups excluding carboxylic acids is 3. The molecule has 0 radical (unpaired) electrons. The monoisotopic (exact) mass is 364 g/mol. The second-order valence-corrected chi connectivity index (χ2v) is 5.44. The largest absolute Gasteiger partial charge is 0.416 e. The Balaban J connectivity index is 2.27. The van der Waals surface area contributed by atoms with Gasteiger partial charge < -0.3 is 0 Å². The van der Waals surface area contributed by atoms with E-state index in [9.17, 15) is 27.6 Å². The van der Waals surface area contributed by atoms with E-state index in [0.29, 0.717) is 6.29 Å². The Hall–Kier alpha value is -3.16. The van der Waals surface area contributed by atoms with E-state index in [0.717, 1.165) is 28.2 Å². The number of hydrogen-bond acceptors (Lipinski definition) is 3. The molecule has 0 unspecified atom stereocenters. The summed E-state index contributed by atoms with van der Waals surface area (Å²) in [5.74, 6) is -1.44. The van der Waals surface area contributed by atoms with Crippen LogP contribution in [0.15, 0.2) is 48.5 Å². The maximum atomic E-state index is 12.8. The third-order valence-electron chi connectivity index (χ3n) is 3.79. The maximum absolute atomic E-state index is 12.8. The van der Waals surface area contributed by atoms with Crippen molar-refractivity contribution >= 4 is 18.1 Å². The Morgan fingerprint density at radius 1 is 0.923 bits per heavy atom. The minimum absolute atomic E-state index is 0.0775. The maximum Gasteiger partial charge on any atom is 0.416 e. The second kappa shape index (κ2) is 7.38. The van der Waals surface area contributed by atoms with Gasteiger partial charge in [-0.2, -0.15) is 13.2 Å². The summed E-state index contributed by atoms with van der Waals surface area (Å²) in [5.41, 5.74) is -0.958. The van der Waals surface area contributed by atoms with Gasteiger partial charge in [-0.15, -0.1) is 0 Å². The molecule has 5 nitrogen and oxygen atoms in total. The molecular formula is C18H15F3N2O3. The molecule has 0 fully saturated rings. The average molecular weight is 364 g/mol. The number of hydrogen-bond donors (Lipinski definition) is 0. The van der Waals surface area contributed by atoms with E-state index in [1.165, 1.54) is 32.3 Å². The summed E-state index contributed by atoms with van der Waals surface area (Å²) < 4.78 is 38.4. The lowest BCUT2D eigenvalue weighted by Gasteiger charge is -2.28. The molecule has 2 rings (SSSR count). The van der Waals surface area contributed by atoms with Gasteiger partial charge in [0.25, 0.3) is 11.8 Å². The van der Waals surface area contributed by atoms with Crippen molar-refractivity contribution < 1.29 is 27.6 Å². The standard InChI is InChI=1S/C18H15F3N2O3/c1-22(16(25)12-7-5-8-14(10-12)18(19,20)21)23(2)17(26)15-9-4-3-6-13(15)11-24/h3-11H,1-2H3. The summed E-state index contributed by atoms with van der Waals surface area (Å²) in [5, 5.41) is 1.82. The minimum atomic E-state index is -4.58. The first-order valence-electron chi connectivity index (χ1n) is 7.44. The van der Waals surface area contributed by atoms with E-state index >= 15 is 0 Å². The molecule has 0 spiro atoms. The van der Waals surface area contributed by atoms with Crippen molar-refractivity contribution in [2.75, 3.05) is 14.1 Å². The van der Waals surface area contributed by atoms with E-state index < -0.39 is 23.6 Å². The van der Waals surface area contributed by atoms with E-state index in [1.807, 2.05) is 0 Å². The van der Waals surface area contributed by atoms with Gasteiger partial charge >= 0.3 is 6.18 Å². The zero-order valence-electron chi connectivity index (χ0n) is 13.9. The first-order chi connectivity index (χ1) is 12.2. The molecule has 0 atom stereocenters.